The average Bonchev–Trinajstić information content (AvgIpc) is 2.47. The molecule has 0 bridgehead atoms. The topological polar surface area (TPSA) is 66.6 Å². The van der Waals surface area contributed by atoms with E-state index in [1.54, 1.807) is 18.2 Å². The quantitative estimate of drug-likeness (QED) is 0.821. The van der Waals surface area contributed by atoms with E-state index in [4.69, 9.17) is 10.8 Å². The van der Waals surface area contributed by atoms with Crippen molar-refractivity contribution in [3.63, 3.8) is 0 Å². The van der Waals surface area contributed by atoms with Gasteiger partial charge in [-0.1, -0.05) is 24.3 Å². The third-order valence-electron chi connectivity index (χ3n) is 3.75. The molecule has 0 unspecified atom stereocenters. The number of carboxylic acids is 1. The van der Waals surface area contributed by atoms with Gasteiger partial charge in [0.15, 0.2) is 0 Å². The van der Waals surface area contributed by atoms with Crippen LogP contribution in [0.25, 0.3) is 0 Å². The van der Waals surface area contributed by atoms with E-state index in [9.17, 15) is 4.79 Å². The predicted molar refractivity (Wildman–Crippen MR) is 79.0 cm³/mol. The lowest BCUT2D eigenvalue weighted by Crippen LogP contribution is -2.31. The molecule has 0 spiro atoms. The fraction of sp³-hybridized carbons (Fsp3) is 0.188. The Morgan fingerprint density at radius 2 is 1.90 bits per heavy atom. The van der Waals surface area contributed by atoms with Crippen LogP contribution in [0.4, 0.5) is 11.4 Å². The van der Waals surface area contributed by atoms with Gasteiger partial charge in [0.05, 0.1) is 16.9 Å². The first-order valence-electron chi connectivity index (χ1n) is 6.59. The number of carbonyl (C=O) groups is 1. The molecule has 1 aliphatic rings. The second kappa shape index (κ2) is 4.89. The van der Waals surface area contributed by atoms with Crippen LogP contribution < -0.4 is 10.6 Å². The zero-order chi connectivity index (χ0) is 14.1. The van der Waals surface area contributed by atoms with E-state index < -0.39 is 5.97 Å². The van der Waals surface area contributed by atoms with Crippen molar-refractivity contribution in [3.8, 4) is 0 Å². The molecule has 0 aliphatic carbocycles. The second-order valence-electron chi connectivity index (χ2n) is 5.02. The van der Waals surface area contributed by atoms with Crippen molar-refractivity contribution in [1.29, 1.82) is 0 Å². The molecule has 1 aliphatic heterocycles. The molecule has 0 atom stereocenters. The first kappa shape index (κ1) is 12.5. The maximum atomic E-state index is 11.1. The van der Waals surface area contributed by atoms with Gasteiger partial charge in [-0.05, 0) is 35.7 Å². The van der Waals surface area contributed by atoms with E-state index in [2.05, 4.69) is 17.0 Å². The number of aromatic carboxylic acids is 1. The number of benzene rings is 2. The van der Waals surface area contributed by atoms with Gasteiger partial charge in [-0.2, -0.15) is 0 Å². The average molecular weight is 268 g/mol. The Bertz CT molecular complexity index is 667. The van der Waals surface area contributed by atoms with E-state index in [1.807, 2.05) is 12.1 Å². The van der Waals surface area contributed by atoms with E-state index in [0.717, 1.165) is 25.2 Å². The van der Waals surface area contributed by atoms with E-state index in [1.165, 1.54) is 11.1 Å². The summed E-state index contributed by atoms with van der Waals surface area (Å²) in [5.41, 5.74) is 10.3. The summed E-state index contributed by atoms with van der Waals surface area (Å²) in [5.74, 6) is -0.927. The van der Waals surface area contributed by atoms with E-state index in [-0.39, 0.29) is 5.56 Å². The van der Waals surface area contributed by atoms with Gasteiger partial charge in [0.25, 0.3) is 0 Å². The Morgan fingerprint density at radius 3 is 2.65 bits per heavy atom. The molecule has 0 radical (unpaired) electrons. The van der Waals surface area contributed by atoms with Crippen molar-refractivity contribution in [2.45, 2.75) is 13.0 Å². The number of nitrogens with two attached hydrogens (primary N) is 1. The number of hydrogen-bond donors (Lipinski definition) is 2. The number of nitrogens with zero attached hydrogens (tertiary/aromatic N) is 1. The highest BCUT2D eigenvalue weighted by molar-refractivity contribution is 5.90. The molecular formula is C16H16N2O2. The number of anilines is 2. The van der Waals surface area contributed by atoms with Crippen LogP contribution in [0.5, 0.6) is 0 Å². The maximum absolute atomic E-state index is 11.1. The van der Waals surface area contributed by atoms with Crippen LogP contribution >= 0.6 is 0 Å². The van der Waals surface area contributed by atoms with Crippen molar-refractivity contribution >= 4 is 17.3 Å². The summed E-state index contributed by atoms with van der Waals surface area (Å²) in [6, 6.07) is 13.2. The molecule has 102 valence electrons. The van der Waals surface area contributed by atoms with Crippen molar-refractivity contribution in [1.82, 2.24) is 0 Å². The fourth-order valence-corrected chi connectivity index (χ4v) is 2.65. The Hall–Kier alpha value is -2.49. The molecule has 20 heavy (non-hydrogen) atoms. The molecule has 3 N–H and O–H groups in total. The van der Waals surface area contributed by atoms with Gasteiger partial charge in [-0.15, -0.1) is 0 Å². The van der Waals surface area contributed by atoms with E-state index in [0.29, 0.717) is 5.69 Å². The van der Waals surface area contributed by atoms with Crippen LogP contribution in [0.15, 0.2) is 42.5 Å². The van der Waals surface area contributed by atoms with Gasteiger partial charge in [0.1, 0.15) is 0 Å². The van der Waals surface area contributed by atoms with Gasteiger partial charge < -0.3 is 15.7 Å². The Morgan fingerprint density at radius 1 is 1.15 bits per heavy atom. The third-order valence-corrected chi connectivity index (χ3v) is 3.75. The normalized spacial score (nSPS) is 13.9. The van der Waals surface area contributed by atoms with Crippen LogP contribution in [0.3, 0.4) is 0 Å². The summed E-state index contributed by atoms with van der Waals surface area (Å²) < 4.78 is 0. The minimum absolute atomic E-state index is 0.271. The van der Waals surface area contributed by atoms with Gasteiger partial charge >= 0.3 is 5.97 Å². The summed E-state index contributed by atoms with van der Waals surface area (Å²) >= 11 is 0. The molecule has 2 aromatic rings. The molecule has 1 heterocycles. The SMILES string of the molecule is Nc1ccc(C(=O)O)cc1N1CCc2ccccc2C1. The summed E-state index contributed by atoms with van der Waals surface area (Å²) in [5, 5.41) is 9.10. The molecule has 4 nitrogen and oxygen atoms in total. The maximum Gasteiger partial charge on any atom is 0.335 e. The van der Waals surface area contributed by atoms with Crippen molar-refractivity contribution in [2.75, 3.05) is 17.2 Å². The molecule has 0 fully saturated rings. The smallest absolute Gasteiger partial charge is 0.335 e. The van der Waals surface area contributed by atoms with Crippen molar-refractivity contribution in [3.05, 3.63) is 59.2 Å². The highest BCUT2D eigenvalue weighted by Crippen LogP contribution is 2.29. The van der Waals surface area contributed by atoms with Gasteiger partial charge in [0, 0.05) is 13.1 Å². The Labute approximate surface area is 117 Å². The fourth-order valence-electron chi connectivity index (χ4n) is 2.65. The number of nitrogen functional groups attached to an aromatic ring is 1. The predicted octanol–water partition coefficient (Wildman–Crippen LogP) is 2.53. The minimum atomic E-state index is -0.927. The summed E-state index contributed by atoms with van der Waals surface area (Å²) in [6.07, 6.45) is 0.951. The summed E-state index contributed by atoms with van der Waals surface area (Å²) in [7, 11) is 0. The molecular weight excluding hydrogens is 252 g/mol. The van der Waals surface area contributed by atoms with Gasteiger partial charge in [-0.3, -0.25) is 0 Å². The first-order chi connectivity index (χ1) is 9.65. The Balaban J connectivity index is 1.95. The molecule has 3 rings (SSSR count). The number of hydrogen-bond acceptors (Lipinski definition) is 3. The highest BCUT2D eigenvalue weighted by Gasteiger charge is 2.18. The van der Waals surface area contributed by atoms with Gasteiger partial charge in [-0.25, -0.2) is 4.79 Å². The Kier molecular flexibility index (Phi) is 3.06. The van der Waals surface area contributed by atoms with Crippen LogP contribution in [-0.4, -0.2) is 17.6 Å². The highest BCUT2D eigenvalue weighted by atomic mass is 16.4. The lowest BCUT2D eigenvalue weighted by Gasteiger charge is -2.31. The largest absolute Gasteiger partial charge is 0.478 e. The lowest BCUT2D eigenvalue weighted by molar-refractivity contribution is 0.0697. The van der Waals surface area contributed by atoms with Crippen LogP contribution in [0.2, 0.25) is 0 Å². The standard InChI is InChI=1S/C16H16N2O2/c17-14-6-5-12(16(19)20)9-15(14)18-8-7-11-3-1-2-4-13(11)10-18/h1-6,9H,7-8,10,17H2,(H,19,20). The monoisotopic (exact) mass is 268 g/mol. The van der Waals surface area contributed by atoms with Crippen LogP contribution in [0.1, 0.15) is 21.5 Å². The van der Waals surface area contributed by atoms with Gasteiger partial charge in [0.2, 0.25) is 0 Å². The van der Waals surface area contributed by atoms with Crippen molar-refractivity contribution in [2.24, 2.45) is 0 Å². The molecule has 0 saturated carbocycles. The number of fused-ring (bicyclic) bond motifs is 1. The lowest BCUT2D eigenvalue weighted by atomic mass is 9.99. The van der Waals surface area contributed by atoms with E-state index >= 15 is 0 Å². The number of rotatable bonds is 2. The molecule has 4 heteroatoms. The zero-order valence-electron chi connectivity index (χ0n) is 11.0. The molecule has 0 amide bonds. The zero-order valence-corrected chi connectivity index (χ0v) is 11.0. The third kappa shape index (κ3) is 2.20. The van der Waals surface area contributed by atoms with Crippen LogP contribution in [0, 0.1) is 0 Å². The molecule has 0 aromatic heterocycles. The molecule has 2 aromatic carbocycles. The second-order valence-corrected chi connectivity index (χ2v) is 5.02. The minimum Gasteiger partial charge on any atom is -0.478 e. The summed E-state index contributed by atoms with van der Waals surface area (Å²) in [4.78, 5) is 13.2. The number of carboxylic acid groups (broad SMARTS) is 1. The summed E-state index contributed by atoms with van der Waals surface area (Å²) in [6.45, 7) is 1.62. The first-order valence-corrected chi connectivity index (χ1v) is 6.59. The molecule has 0 saturated heterocycles. The van der Waals surface area contributed by atoms with Crippen molar-refractivity contribution < 1.29 is 9.90 Å². The van der Waals surface area contributed by atoms with Crippen LogP contribution in [-0.2, 0) is 13.0 Å².